The van der Waals surface area contributed by atoms with E-state index in [0.29, 0.717) is 17.4 Å². The zero-order chi connectivity index (χ0) is 13.1. The summed E-state index contributed by atoms with van der Waals surface area (Å²) in [5.74, 6) is 0.371. The monoisotopic (exact) mass is 267 g/mol. The summed E-state index contributed by atoms with van der Waals surface area (Å²) in [6.45, 7) is 1.81. The van der Waals surface area contributed by atoms with Crippen LogP contribution in [0.3, 0.4) is 0 Å². The Bertz CT molecular complexity index is 575. The van der Waals surface area contributed by atoms with Crippen molar-refractivity contribution in [3.05, 3.63) is 16.8 Å². The molecule has 2 aromatic heterocycles. The van der Waals surface area contributed by atoms with Gasteiger partial charge in [0.15, 0.2) is 0 Å². The zero-order valence-corrected chi connectivity index (χ0v) is 10.6. The van der Waals surface area contributed by atoms with Gasteiger partial charge in [0.05, 0.1) is 11.1 Å². The number of hydrogen-bond donors (Lipinski definition) is 3. The molecule has 6 nitrogen and oxygen atoms in total. The Labute approximate surface area is 107 Å². The van der Waals surface area contributed by atoms with E-state index in [9.17, 15) is 14.7 Å². The topological polar surface area (TPSA) is 95.1 Å². The molecule has 2 heterocycles. The Balaban J connectivity index is 2.10. The molecule has 0 spiro atoms. The fraction of sp³-hybridized carbons (Fsp3) is 0.364. The number of aliphatic hydroxyl groups excluding tert-OH is 1. The van der Waals surface area contributed by atoms with E-state index < -0.39 is 6.23 Å². The molecule has 96 valence electrons. The third kappa shape index (κ3) is 2.57. The summed E-state index contributed by atoms with van der Waals surface area (Å²) in [4.78, 5) is 30.1. The lowest BCUT2D eigenvalue weighted by Gasteiger charge is -2.10. The highest BCUT2D eigenvalue weighted by molar-refractivity contribution is 7.17. The van der Waals surface area contributed by atoms with Crippen LogP contribution in [-0.2, 0) is 4.79 Å². The Morgan fingerprint density at radius 1 is 1.72 bits per heavy atom. The van der Waals surface area contributed by atoms with Crippen molar-refractivity contribution in [3.8, 4) is 0 Å². The van der Waals surface area contributed by atoms with Crippen molar-refractivity contribution in [1.29, 1.82) is 0 Å². The number of aliphatic hydroxyl groups is 1. The lowest BCUT2D eigenvalue weighted by Crippen LogP contribution is -2.34. The number of thiophene rings is 1. The summed E-state index contributed by atoms with van der Waals surface area (Å²) < 4.78 is 0. The van der Waals surface area contributed by atoms with Crippen LogP contribution in [0.4, 0.5) is 0 Å². The molecule has 1 atom stereocenters. The van der Waals surface area contributed by atoms with Crippen molar-refractivity contribution in [3.63, 3.8) is 0 Å². The van der Waals surface area contributed by atoms with Gasteiger partial charge in [0.25, 0.3) is 5.91 Å². The molecule has 0 radical (unpaired) electrons. The van der Waals surface area contributed by atoms with E-state index in [1.54, 1.807) is 5.38 Å². The summed E-state index contributed by atoms with van der Waals surface area (Å²) >= 11 is 1.37. The largest absolute Gasteiger partial charge is 0.374 e. The number of H-pyrrole nitrogens is 1. The van der Waals surface area contributed by atoms with Gasteiger partial charge < -0.3 is 20.2 Å². The van der Waals surface area contributed by atoms with Gasteiger partial charge >= 0.3 is 0 Å². The molecule has 0 aromatic carbocycles. The molecule has 2 aromatic rings. The first-order chi connectivity index (χ1) is 8.61. The van der Waals surface area contributed by atoms with Crippen molar-refractivity contribution in [2.75, 3.05) is 0 Å². The predicted octanol–water partition coefficient (Wildman–Crippen LogP) is 0.960. The van der Waals surface area contributed by atoms with Crippen LogP contribution in [0.5, 0.6) is 0 Å². The average Bonchev–Trinajstić information content (AvgIpc) is 2.84. The summed E-state index contributed by atoms with van der Waals surface area (Å²) in [6, 6.07) is 0. The number of aromatic nitrogens is 2. The van der Waals surface area contributed by atoms with E-state index in [4.69, 9.17) is 0 Å². The van der Waals surface area contributed by atoms with Gasteiger partial charge in [-0.1, -0.05) is 0 Å². The van der Waals surface area contributed by atoms with Crippen LogP contribution in [-0.4, -0.2) is 33.5 Å². The second-order valence-electron chi connectivity index (χ2n) is 3.89. The number of fused-ring (bicyclic) bond motifs is 1. The minimum Gasteiger partial charge on any atom is -0.374 e. The smallest absolute Gasteiger partial charge is 0.256 e. The van der Waals surface area contributed by atoms with Crippen LogP contribution in [0.2, 0.25) is 0 Å². The number of nitrogens with zero attached hydrogens (tertiary/aromatic N) is 1. The van der Waals surface area contributed by atoms with Crippen LogP contribution in [0.25, 0.3) is 10.3 Å². The van der Waals surface area contributed by atoms with Gasteiger partial charge in [-0.25, -0.2) is 4.98 Å². The van der Waals surface area contributed by atoms with Crippen LogP contribution in [0.1, 0.15) is 29.0 Å². The maximum absolute atomic E-state index is 11.9. The van der Waals surface area contributed by atoms with E-state index in [-0.39, 0.29) is 18.7 Å². The second-order valence-corrected chi connectivity index (χ2v) is 4.74. The van der Waals surface area contributed by atoms with E-state index in [0.717, 1.165) is 10.7 Å². The number of nitrogens with one attached hydrogen (secondary N) is 2. The Hall–Kier alpha value is -1.73. The molecule has 18 heavy (non-hydrogen) atoms. The SMILES string of the molecule is Cc1nc2scc(C(=O)NC(O)CCC=O)c2[nH]1. The zero-order valence-electron chi connectivity index (χ0n) is 9.77. The normalized spacial score (nSPS) is 12.6. The van der Waals surface area contributed by atoms with Crippen molar-refractivity contribution in [2.24, 2.45) is 0 Å². The van der Waals surface area contributed by atoms with Crippen LogP contribution in [0.15, 0.2) is 5.38 Å². The Morgan fingerprint density at radius 2 is 2.50 bits per heavy atom. The average molecular weight is 267 g/mol. The minimum atomic E-state index is -1.01. The van der Waals surface area contributed by atoms with Crippen LogP contribution in [0, 0.1) is 6.92 Å². The van der Waals surface area contributed by atoms with Gasteiger partial charge in [0.2, 0.25) is 0 Å². The predicted molar refractivity (Wildman–Crippen MR) is 67.5 cm³/mol. The third-order valence-electron chi connectivity index (χ3n) is 2.45. The van der Waals surface area contributed by atoms with Crippen LogP contribution < -0.4 is 5.32 Å². The summed E-state index contributed by atoms with van der Waals surface area (Å²) in [5, 5.41) is 13.6. The van der Waals surface area contributed by atoms with E-state index >= 15 is 0 Å². The molecule has 0 aliphatic carbocycles. The van der Waals surface area contributed by atoms with Gasteiger partial charge in [-0.2, -0.15) is 0 Å². The first kappa shape index (κ1) is 12.7. The van der Waals surface area contributed by atoms with Gasteiger partial charge in [-0.05, 0) is 13.3 Å². The fourth-order valence-corrected chi connectivity index (χ4v) is 2.53. The highest BCUT2D eigenvalue weighted by Crippen LogP contribution is 2.23. The molecule has 7 heteroatoms. The summed E-state index contributed by atoms with van der Waals surface area (Å²) in [7, 11) is 0. The first-order valence-electron chi connectivity index (χ1n) is 5.48. The van der Waals surface area contributed by atoms with E-state index in [1.807, 2.05) is 6.92 Å². The molecule has 0 saturated heterocycles. The quantitative estimate of drug-likeness (QED) is 0.555. The Kier molecular flexibility index (Phi) is 3.73. The molecule has 1 unspecified atom stereocenters. The molecule has 0 aliphatic rings. The van der Waals surface area contributed by atoms with Crippen molar-refractivity contribution < 1.29 is 14.7 Å². The number of carbonyl (C=O) groups is 2. The molecular weight excluding hydrogens is 254 g/mol. The number of carbonyl (C=O) groups excluding carboxylic acids is 2. The Morgan fingerprint density at radius 3 is 3.22 bits per heavy atom. The molecular formula is C11H13N3O3S. The minimum absolute atomic E-state index is 0.212. The molecule has 2 rings (SSSR count). The van der Waals surface area contributed by atoms with Gasteiger partial charge in [0.1, 0.15) is 23.2 Å². The van der Waals surface area contributed by atoms with E-state index in [2.05, 4.69) is 15.3 Å². The number of aldehydes is 1. The third-order valence-corrected chi connectivity index (χ3v) is 3.32. The number of imidazole rings is 1. The number of rotatable bonds is 5. The maximum Gasteiger partial charge on any atom is 0.256 e. The molecule has 0 aliphatic heterocycles. The van der Waals surface area contributed by atoms with E-state index in [1.165, 1.54) is 11.3 Å². The summed E-state index contributed by atoms with van der Waals surface area (Å²) in [5.41, 5.74) is 1.14. The van der Waals surface area contributed by atoms with Crippen molar-refractivity contribution in [2.45, 2.75) is 26.0 Å². The lowest BCUT2D eigenvalue weighted by atomic mass is 10.2. The molecule has 0 saturated carbocycles. The number of aromatic amines is 1. The van der Waals surface area contributed by atoms with Crippen molar-refractivity contribution in [1.82, 2.24) is 15.3 Å². The maximum atomic E-state index is 11.9. The first-order valence-corrected chi connectivity index (χ1v) is 6.36. The fourth-order valence-electron chi connectivity index (χ4n) is 1.61. The number of amides is 1. The highest BCUT2D eigenvalue weighted by Gasteiger charge is 2.17. The highest BCUT2D eigenvalue weighted by atomic mass is 32.1. The molecule has 3 N–H and O–H groups in total. The molecule has 0 fully saturated rings. The van der Waals surface area contributed by atoms with Gasteiger partial charge in [0, 0.05) is 11.8 Å². The lowest BCUT2D eigenvalue weighted by molar-refractivity contribution is -0.108. The number of hydrogen-bond acceptors (Lipinski definition) is 5. The standard InChI is InChI=1S/C11H13N3O3S/c1-6-12-9-7(5-18-11(9)13-6)10(17)14-8(16)3-2-4-15/h4-5,8,16H,2-3H2,1H3,(H,12,13)(H,14,17). The second kappa shape index (κ2) is 5.28. The van der Waals surface area contributed by atoms with Crippen molar-refractivity contribution >= 4 is 33.9 Å². The van der Waals surface area contributed by atoms with Gasteiger partial charge in [-0.3, -0.25) is 4.79 Å². The number of aryl methyl sites for hydroxylation is 1. The van der Waals surface area contributed by atoms with Crippen LogP contribution >= 0.6 is 11.3 Å². The summed E-state index contributed by atoms with van der Waals surface area (Å²) in [6.07, 6.45) is 0.117. The molecule has 0 bridgehead atoms. The molecule has 1 amide bonds. The van der Waals surface area contributed by atoms with Gasteiger partial charge in [-0.15, -0.1) is 11.3 Å².